The standard InChI is InChI=1S/C15H26N2O3/c1-14(2,8-9-20-3)11-17-10-12(18)16-15(13(17)19)6-4-5-7-15/h4-11H2,1-3H3,(H,16,18). The highest BCUT2D eigenvalue weighted by atomic mass is 16.5. The van der Waals surface area contributed by atoms with Crippen molar-refractivity contribution in [3.63, 3.8) is 0 Å². The molecule has 0 aromatic rings. The fourth-order valence-electron chi connectivity index (χ4n) is 3.33. The zero-order valence-electron chi connectivity index (χ0n) is 12.8. The molecule has 2 amide bonds. The van der Waals surface area contributed by atoms with Crippen LogP contribution in [0.1, 0.15) is 46.0 Å². The Morgan fingerprint density at radius 3 is 2.55 bits per heavy atom. The zero-order chi connectivity index (χ0) is 14.8. The lowest BCUT2D eigenvalue weighted by molar-refractivity contribution is -0.151. The fraction of sp³-hybridized carbons (Fsp3) is 0.867. The Morgan fingerprint density at radius 1 is 1.30 bits per heavy atom. The van der Waals surface area contributed by atoms with Crippen LogP contribution in [0, 0.1) is 5.41 Å². The van der Waals surface area contributed by atoms with Gasteiger partial charge in [0, 0.05) is 20.3 Å². The van der Waals surface area contributed by atoms with Crippen LogP contribution in [0.15, 0.2) is 0 Å². The molecule has 2 aliphatic rings. The van der Waals surface area contributed by atoms with Gasteiger partial charge in [0.25, 0.3) is 0 Å². The summed E-state index contributed by atoms with van der Waals surface area (Å²) < 4.78 is 5.13. The lowest BCUT2D eigenvalue weighted by Gasteiger charge is -2.42. The van der Waals surface area contributed by atoms with E-state index in [-0.39, 0.29) is 23.8 Å². The van der Waals surface area contributed by atoms with Crippen LogP contribution < -0.4 is 5.32 Å². The Balaban J connectivity index is 2.07. The third kappa shape index (κ3) is 3.14. The minimum Gasteiger partial charge on any atom is -0.385 e. The van der Waals surface area contributed by atoms with Crippen molar-refractivity contribution in [3.8, 4) is 0 Å². The maximum Gasteiger partial charge on any atom is 0.248 e. The molecular weight excluding hydrogens is 256 g/mol. The molecule has 5 heteroatoms. The molecule has 2 fully saturated rings. The van der Waals surface area contributed by atoms with Crippen molar-refractivity contribution in [2.75, 3.05) is 26.8 Å². The van der Waals surface area contributed by atoms with E-state index in [0.717, 1.165) is 32.1 Å². The molecule has 1 spiro atoms. The smallest absolute Gasteiger partial charge is 0.248 e. The van der Waals surface area contributed by atoms with Gasteiger partial charge in [-0.2, -0.15) is 0 Å². The third-order valence-electron chi connectivity index (χ3n) is 4.47. The van der Waals surface area contributed by atoms with Crippen molar-refractivity contribution in [1.29, 1.82) is 0 Å². The van der Waals surface area contributed by atoms with Gasteiger partial charge in [0.15, 0.2) is 0 Å². The lowest BCUT2D eigenvalue weighted by Crippen LogP contribution is -2.66. The van der Waals surface area contributed by atoms with E-state index in [9.17, 15) is 9.59 Å². The van der Waals surface area contributed by atoms with Crippen LogP contribution in [0.3, 0.4) is 0 Å². The topological polar surface area (TPSA) is 58.6 Å². The Labute approximate surface area is 121 Å². The van der Waals surface area contributed by atoms with Crippen LogP contribution in [-0.2, 0) is 14.3 Å². The van der Waals surface area contributed by atoms with Crippen molar-refractivity contribution in [1.82, 2.24) is 10.2 Å². The molecule has 1 aliphatic heterocycles. The fourth-order valence-corrected chi connectivity index (χ4v) is 3.33. The molecule has 0 radical (unpaired) electrons. The van der Waals surface area contributed by atoms with E-state index in [1.165, 1.54) is 0 Å². The first-order chi connectivity index (χ1) is 9.38. The Bertz CT molecular complexity index is 387. The van der Waals surface area contributed by atoms with Gasteiger partial charge >= 0.3 is 0 Å². The van der Waals surface area contributed by atoms with Crippen molar-refractivity contribution in [3.05, 3.63) is 0 Å². The Morgan fingerprint density at radius 2 is 1.95 bits per heavy atom. The molecule has 0 aromatic heterocycles. The monoisotopic (exact) mass is 282 g/mol. The van der Waals surface area contributed by atoms with E-state index in [1.807, 2.05) is 0 Å². The molecule has 0 aromatic carbocycles. The number of ether oxygens (including phenoxy) is 1. The minimum atomic E-state index is -0.604. The van der Waals surface area contributed by atoms with Crippen LogP contribution in [0.25, 0.3) is 0 Å². The lowest BCUT2D eigenvalue weighted by atomic mass is 9.86. The highest BCUT2D eigenvalue weighted by Gasteiger charge is 2.48. The van der Waals surface area contributed by atoms with Crippen molar-refractivity contribution in [2.24, 2.45) is 5.41 Å². The van der Waals surface area contributed by atoms with Crippen molar-refractivity contribution in [2.45, 2.75) is 51.5 Å². The summed E-state index contributed by atoms with van der Waals surface area (Å²) in [5, 5.41) is 2.95. The number of carbonyl (C=O) groups excluding carboxylic acids is 2. The van der Waals surface area contributed by atoms with Gasteiger partial charge in [-0.25, -0.2) is 0 Å². The van der Waals surface area contributed by atoms with Crippen LogP contribution >= 0.6 is 0 Å². The number of methoxy groups -OCH3 is 1. The van der Waals surface area contributed by atoms with Crippen LogP contribution in [0.5, 0.6) is 0 Å². The molecule has 20 heavy (non-hydrogen) atoms. The summed E-state index contributed by atoms with van der Waals surface area (Å²) in [6, 6.07) is 0. The van der Waals surface area contributed by atoms with Gasteiger partial charge < -0.3 is 15.0 Å². The summed E-state index contributed by atoms with van der Waals surface area (Å²) in [4.78, 5) is 26.4. The molecule has 1 N–H and O–H groups in total. The predicted molar refractivity (Wildman–Crippen MR) is 76.2 cm³/mol. The first-order valence-electron chi connectivity index (χ1n) is 7.48. The average molecular weight is 282 g/mol. The summed E-state index contributed by atoms with van der Waals surface area (Å²) >= 11 is 0. The molecular formula is C15H26N2O3. The number of nitrogens with zero attached hydrogens (tertiary/aromatic N) is 1. The van der Waals surface area contributed by atoms with Crippen LogP contribution in [0.4, 0.5) is 0 Å². The molecule has 1 aliphatic carbocycles. The summed E-state index contributed by atoms with van der Waals surface area (Å²) in [6.07, 6.45) is 4.49. The summed E-state index contributed by atoms with van der Waals surface area (Å²) in [5.74, 6) is 0.0918. The van der Waals surface area contributed by atoms with E-state index < -0.39 is 5.54 Å². The number of rotatable bonds is 5. The first-order valence-corrected chi connectivity index (χ1v) is 7.48. The highest BCUT2D eigenvalue weighted by Crippen LogP contribution is 2.34. The number of amides is 2. The van der Waals surface area contributed by atoms with Gasteiger partial charge in [-0.1, -0.05) is 26.7 Å². The molecule has 0 atom stereocenters. The van der Waals surface area contributed by atoms with E-state index in [0.29, 0.717) is 13.2 Å². The average Bonchev–Trinajstić information content (AvgIpc) is 2.82. The van der Waals surface area contributed by atoms with Crippen LogP contribution in [-0.4, -0.2) is 49.1 Å². The Hall–Kier alpha value is -1.10. The maximum absolute atomic E-state index is 12.7. The molecule has 0 unspecified atom stereocenters. The second-order valence-electron chi connectivity index (χ2n) is 6.91. The number of hydrogen-bond acceptors (Lipinski definition) is 3. The zero-order valence-corrected chi connectivity index (χ0v) is 12.8. The van der Waals surface area contributed by atoms with Crippen molar-refractivity contribution >= 4 is 11.8 Å². The van der Waals surface area contributed by atoms with Gasteiger partial charge in [-0.3, -0.25) is 9.59 Å². The summed E-state index contributed by atoms with van der Waals surface area (Å²) in [5.41, 5.74) is -0.643. The van der Waals surface area contributed by atoms with Crippen LogP contribution in [0.2, 0.25) is 0 Å². The SMILES string of the molecule is COCCC(C)(C)CN1CC(=O)NC2(CCCC2)C1=O. The molecule has 2 rings (SSSR count). The highest BCUT2D eigenvalue weighted by molar-refractivity contribution is 5.98. The second-order valence-corrected chi connectivity index (χ2v) is 6.91. The largest absolute Gasteiger partial charge is 0.385 e. The number of piperazine rings is 1. The second kappa shape index (κ2) is 5.72. The Kier molecular flexibility index (Phi) is 4.37. The van der Waals surface area contributed by atoms with Gasteiger partial charge in [0.2, 0.25) is 11.8 Å². The van der Waals surface area contributed by atoms with E-state index >= 15 is 0 Å². The van der Waals surface area contributed by atoms with Gasteiger partial charge in [0.1, 0.15) is 5.54 Å². The molecule has 0 bridgehead atoms. The minimum absolute atomic E-state index is 0.0194. The van der Waals surface area contributed by atoms with E-state index in [2.05, 4.69) is 19.2 Å². The van der Waals surface area contributed by atoms with Crippen molar-refractivity contribution < 1.29 is 14.3 Å². The summed E-state index contributed by atoms with van der Waals surface area (Å²) in [7, 11) is 1.68. The predicted octanol–water partition coefficient (Wildman–Crippen LogP) is 1.32. The number of hydrogen-bond donors (Lipinski definition) is 1. The van der Waals surface area contributed by atoms with Gasteiger partial charge in [-0.15, -0.1) is 0 Å². The quantitative estimate of drug-likeness (QED) is 0.827. The van der Waals surface area contributed by atoms with Gasteiger partial charge in [0.05, 0.1) is 6.54 Å². The molecule has 5 nitrogen and oxygen atoms in total. The molecule has 1 heterocycles. The first kappa shape index (κ1) is 15.3. The number of nitrogens with one attached hydrogen (secondary N) is 1. The van der Waals surface area contributed by atoms with E-state index in [1.54, 1.807) is 12.0 Å². The normalized spacial score (nSPS) is 22.4. The van der Waals surface area contributed by atoms with E-state index in [4.69, 9.17) is 4.74 Å². The maximum atomic E-state index is 12.7. The van der Waals surface area contributed by atoms with Gasteiger partial charge in [-0.05, 0) is 24.7 Å². The third-order valence-corrected chi connectivity index (χ3v) is 4.47. The molecule has 1 saturated heterocycles. The molecule has 1 saturated carbocycles. The number of carbonyl (C=O) groups is 2. The molecule has 114 valence electrons. The summed E-state index contributed by atoms with van der Waals surface area (Å²) in [6.45, 7) is 5.72.